The minimum Gasteiger partial charge on any atom is -0.376 e. The van der Waals surface area contributed by atoms with E-state index in [1.54, 1.807) is 11.3 Å². The highest BCUT2D eigenvalue weighted by Crippen LogP contribution is 2.29. The van der Waals surface area contributed by atoms with Crippen LogP contribution in [0.2, 0.25) is 0 Å². The normalized spacial score (nSPS) is 19.5. The second-order valence-electron chi connectivity index (χ2n) is 4.41. The topological polar surface area (TPSA) is 57.4 Å². The van der Waals surface area contributed by atoms with Crippen LogP contribution < -0.4 is 5.73 Å². The van der Waals surface area contributed by atoms with Crippen molar-refractivity contribution in [3.05, 3.63) is 40.2 Å². The molecule has 1 aliphatic rings. The molecule has 1 saturated heterocycles. The Morgan fingerprint density at radius 1 is 1.37 bits per heavy atom. The first-order valence-electron chi connectivity index (χ1n) is 6.31. The lowest BCUT2D eigenvalue weighted by atomic mass is 10.1. The molecular formula is C14H16N2O2S. The number of rotatable bonds is 3. The van der Waals surface area contributed by atoms with Crippen molar-refractivity contribution < 1.29 is 9.47 Å². The number of hydrogen-bond acceptors (Lipinski definition) is 5. The van der Waals surface area contributed by atoms with Crippen LogP contribution in [0.1, 0.15) is 16.7 Å². The Labute approximate surface area is 116 Å². The second-order valence-corrected chi connectivity index (χ2v) is 5.30. The quantitative estimate of drug-likeness (QED) is 0.935. The summed E-state index contributed by atoms with van der Waals surface area (Å²) >= 11 is 1.62. The Kier molecular flexibility index (Phi) is 3.89. The Morgan fingerprint density at radius 3 is 3.11 bits per heavy atom. The fourth-order valence-electron chi connectivity index (χ4n) is 2.06. The zero-order valence-corrected chi connectivity index (χ0v) is 11.4. The molecule has 4 nitrogen and oxygen atoms in total. The number of nitrogens with zero attached hydrogens (tertiary/aromatic N) is 1. The van der Waals surface area contributed by atoms with Gasteiger partial charge in [-0.15, -0.1) is 11.3 Å². The standard InChI is InChI=1S/C14H16N2O2S/c15-7-10-2-1-3-11(6-10)12-9-19-14(16-12)13-8-17-4-5-18-13/h1-3,6,9,13H,4-5,7-8,15H2. The van der Waals surface area contributed by atoms with E-state index in [4.69, 9.17) is 15.2 Å². The zero-order valence-electron chi connectivity index (χ0n) is 10.5. The maximum absolute atomic E-state index is 5.66. The van der Waals surface area contributed by atoms with Crippen LogP contribution in [0.3, 0.4) is 0 Å². The van der Waals surface area contributed by atoms with Crippen LogP contribution in [0.5, 0.6) is 0 Å². The highest BCUT2D eigenvalue weighted by atomic mass is 32.1. The van der Waals surface area contributed by atoms with Gasteiger partial charge in [-0.1, -0.05) is 18.2 Å². The van der Waals surface area contributed by atoms with Gasteiger partial charge in [-0.2, -0.15) is 0 Å². The van der Waals surface area contributed by atoms with Gasteiger partial charge in [-0.05, 0) is 11.6 Å². The van der Waals surface area contributed by atoms with Crippen molar-refractivity contribution in [1.82, 2.24) is 4.98 Å². The molecule has 1 atom stereocenters. The Balaban J connectivity index is 1.83. The lowest BCUT2D eigenvalue weighted by Gasteiger charge is -2.20. The van der Waals surface area contributed by atoms with Gasteiger partial charge < -0.3 is 15.2 Å². The summed E-state index contributed by atoms with van der Waals surface area (Å²) < 4.78 is 11.1. The fraction of sp³-hybridized carbons (Fsp3) is 0.357. The first-order chi connectivity index (χ1) is 9.36. The van der Waals surface area contributed by atoms with E-state index < -0.39 is 0 Å². The van der Waals surface area contributed by atoms with E-state index in [1.807, 2.05) is 12.1 Å². The summed E-state index contributed by atoms with van der Waals surface area (Å²) in [6.45, 7) is 2.45. The van der Waals surface area contributed by atoms with E-state index in [9.17, 15) is 0 Å². The van der Waals surface area contributed by atoms with Gasteiger partial charge in [0.25, 0.3) is 0 Å². The predicted octanol–water partition coefficient (Wildman–Crippen LogP) is 2.36. The van der Waals surface area contributed by atoms with Gasteiger partial charge in [0.15, 0.2) is 0 Å². The molecule has 1 unspecified atom stereocenters. The van der Waals surface area contributed by atoms with E-state index in [0.29, 0.717) is 26.4 Å². The molecule has 0 bridgehead atoms. The fourth-order valence-corrected chi connectivity index (χ4v) is 2.92. The molecule has 100 valence electrons. The van der Waals surface area contributed by atoms with Crippen LogP contribution in [0.15, 0.2) is 29.6 Å². The lowest BCUT2D eigenvalue weighted by Crippen LogP contribution is -2.21. The smallest absolute Gasteiger partial charge is 0.132 e. The summed E-state index contributed by atoms with van der Waals surface area (Å²) in [4.78, 5) is 4.65. The van der Waals surface area contributed by atoms with E-state index in [1.165, 1.54) is 0 Å². The van der Waals surface area contributed by atoms with Crippen molar-refractivity contribution >= 4 is 11.3 Å². The third kappa shape index (κ3) is 2.84. The maximum Gasteiger partial charge on any atom is 0.132 e. The molecule has 0 amide bonds. The van der Waals surface area contributed by atoms with Gasteiger partial charge in [0.05, 0.1) is 25.5 Å². The molecule has 1 aliphatic heterocycles. The summed E-state index contributed by atoms with van der Waals surface area (Å²) in [5.74, 6) is 0. The Bertz CT molecular complexity index is 550. The number of nitrogens with two attached hydrogens (primary N) is 1. The molecule has 3 rings (SSSR count). The van der Waals surface area contributed by atoms with Crippen LogP contribution in [0.4, 0.5) is 0 Å². The molecular weight excluding hydrogens is 260 g/mol. The minimum absolute atomic E-state index is 0.0230. The molecule has 0 spiro atoms. The molecule has 19 heavy (non-hydrogen) atoms. The van der Waals surface area contributed by atoms with Crippen molar-refractivity contribution in [3.8, 4) is 11.3 Å². The average Bonchev–Trinajstić information content (AvgIpc) is 2.98. The van der Waals surface area contributed by atoms with Crippen molar-refractivity contribution in [1.29, 1.82) is 0 Å². The molecule has 1 aromatic carbocycles. The second kappa shape index (κ2) is 5.79. The summed E-state index contributed by atoms with van der Waals surface area (Å²) in [6.07, 6.45) is -0.0230. The highest BCUT2D eigenvalue weighted by molar-refractivity contribution is 7.10. The SMILES string of the molecule is NCc1cccc(-c2csc(C3COCCO3)n2)c1. The predicted molar refractivity (Wildman–Crippen MR) is 75.0 cm³/mol. The first kappa shape index (κ1) is 12.7. The van der Waals surface area contributed by atoms with Gasteiger partial charge in [-0.3, -0.25) is 0 Å². The molecule has 0 saturated carbocycles. The first-order valence-corrected chi connectivity index (χ1v) is 7.19. The number of benzene rings is 1. The van der Waals surface area contributed by atoms with Crippen molar-refractivity contribution in [2.24, 2.45) is 5.73 Å². The molecule has 2 aromatic rings. The van der Waals surface area contributed by atoms with Crippen LogP contribution >= 0.6 is 11.3 Å². The molecule has 0 radical (unpaired) electrons. The number of hydrogen-bond donors (Lipinski definition) is 1. The van der Waals surface area contributed by atoms with E-state index in [-0.39, 0.29) is 6.10 Å². The van der Waals surface area contributed by atoms with E-state index in [2.05, 4.69) is 22.5 Å². The summed E-state index contributed by atoms with van der Waals surface area (Å²) in [5, 5.41) is 3.04. The summed E-state index contributed by atoms with van der Waals surface area (Å²) in [5.41, 5.74) is 8.86. The molecule has 1 aromatic heterocycles. The molecule has 2 heterocycles. The lowest BCUT2D eigenvalue weighted by molar-refractivity contribution is -0.0901. The monoisotopic (exact) mass is 276 g/mol. The van der Waals surface area contributed by atoms with Crippen LogP contribution in [-0.4, -0.2) is 24.8 Å². The van der Waals surface area contributed by atoms with Gasteiger partial charge in [0.1, 0.15) is 11.1 Å². The third-order valence-corrected chi connectivity index (χ3v) is 4.01. The Morgan fingerprint density at radius 2 is 2.32 bits per heavy atom. The van der Waals surface area contributed by atoms with Gasteiger partial charge >= 0.3 is 0 Å². The molecule has 2 N–H and O–H groups in total. The largest absolute Gasteiger partial charge is 0.376 e. The van der Waals surface area contributed by atoms with Crippen LogP contribution in [0, 0.1) is 0 Å². The van der Waals surface area contributed by atoms with E-state index >= 15 is 0 Å². The highest BCUT2D eigenvalue weighted by Gasteiger charge is 2.20. The molecule has 0 aliphatic carbocycles. The minimum atomic E-state index is -0.0230. The molecule has 1 fully saturated rings. The summed E-state index contributed by atoms with van der Waals surface area (Å²) in [6, 6.07) is 8.17. The van der Waals surface area contributed by atoms with Gasteiger partial charge in [0, 0.05) is 17.5 Å². The van der Waals surface area contributed by atoms with Crippen LogP contribution in [0.25, 0.3) is 11.3 Å². The number of aromatic nitrogens is 1. The van der Waals surface area contributed by atoms with Crippen LogP contribution in [-0.2, 0) is 16.0 Å². The van der Waals surface area contributed by atoms with Gasteiger partial charge in [0.2, 0.25) is 0 Å². The average molecular weight is 276 g/mol. The van der Waals surface area contributed by atoms with Crippen molar-refractivity contribution in [2.75, 3.05) is 19.8 Å². The zero-order chi connectivity index (χ0) is 13.1. The third-order valence-electron chi connectivity index (χ3n) is 3.07. The Hall–Kier alpha value is -1.27. The molecule has 5 heteroatoms. The number of ether oxygens (including phenoxy) is 2. The van der Waals surface area contributed by atoms with E-state index in [0.717, 1.165) is 21.8 Å². The van der Waals surface area contributed by atoms with Crippen molar-refractivity contribution in [2.45, 2.75) is 12.6 Å². The maximum atomic E-state index is 5.66. The number of thiazole rings is 1. The van der Waals surface area contributed by atoms with Gasteiger partial charge in [-0.25, -0.2) is 4.98 Å². The van der Waals surface area contributed by atoms with Crippen molar-refractivity contribution in [3.63, 3.8) is 0 Å². The summed E-state index contributed by atoms with van der Waals surface area (Å²) in [7, 11) is 0.